The van der Waals surface area contributed by atoms with Gasteiger partial charge in [-0.05, 0) is 36.5 Å². The molecule has 124 valence electrons. The number of amides is 2. The fourth-order valence-corrected chi connectivity index (χ4v) is 4.25. The summed E-state index contributed by atoms with van der Waals surface area (Å²) in [4.78, 5) is 30.8. The van der Waals surface area contributed by atoms with Gasteiger partial charge in [0.25, 0.3) is 5.91 Å². The van der Waals surface area contributed by atoms with Crippen LogP contribution in [0.15, 0.2) is 24.3 Å². The first-order chi connectivity index (χ1) is 11.5. The molecule has 2 aromatic rings. The molecule has 2 heterocycles. The lowest BCUT2D eigenvalue weighted by Crippen LogP contribution is -2.46. The quantitative estimate of drug-likeness (QED) is 0.881. The fraction of sp³-hybridized carbons (Fsp3) is 0.312. The maximum absolute atomic E-state index is 13.5. The van der Waals surface area contributed by atoms with Crippen LogP contribution in [0.2, 0.25) is 0 Å². The lowest BCUT2D eigenvalue weighted by molar-refractivity contribution is -0.122. The second kappa shape index (κ2) is 5.27. The highest BCUT2D eigenvalue weighted by Crippen LogP contribution is 2.49. The van der Waals surface area contributed by atoms with E-state index >= 15 is 0 Å². The third-order valence-electron chi connectivity index (χ3n) is 4.60. The predicted octanol–water partition coefficient (Wildman–Crippen LogP) is 1.62. The molecule has 0 bridgehead atoms. The van der Waals surface area contributed by atoms with Gasteiger partial charge in [-0.15, -0.1) is 0 Å². The number of thiazole rings is 1. The molecule has 1 aliphatic carbocycles. The summed E-state index contributed by atoms with van der Waals surface area (Å²) in [5, 5.41) is 0.222. The molecule has 3 atom stereocenters. The van der Waals surface area contributed by atoms with Crippen molar-refractivity contribution < 1.29 is 14.0 Å². The summed E-state index contributed by atoms with van der Waals surface area (Å²) in [7, 11) is 0. The van der Waals surface area contributed by atoms with E-state index in [1.54, 1.807) is 12.1 Å². The van der Waals surface area contributed by atoms with Gasteiger partial charge >= 0.3 is 0 Å². The van der Waals surface area contributed by atoms with Crippen LogP contribution >= 0.6 is 11.3 Å². The second-order valence-corrected chi connectivity index (χ2v) is 7.20. The van der Waals surface area contributed by atoms with Gasteiger partial charge in [-0.25, -0.2) is 9.37 Å². The van der Waals surface area contributed by atoms with E-state index < -0.39 is 17.8 Å². The number of nitrogen functional groups attached to an aromatic ring is 1. The first-order valence-electron chi connectivity index (χ1n) is 7.60. The molecule has 1 aliphatic heterocycles. The molecule has 2 amide bonds. The van der Waals surface area contributed by atoms with E-state index in [0.29, 0.717) is 22.8 Å². The molecule has 6 nitrogen and oxygen atoms in total. The van der Waals surface area contributed by atoms with Gasteiger partial charge in [0.15, 0.2) is 5.13 Å². The van der Waals surface area contributed by atoms with Crippen molar-refractivity contribution in [3.63, 3.8) is 0 Å². The summed E-state index contributed by atoms with van der Waals surface area (Å²) < 4.78 is 13.5. The van der Waals surface area contributed by atoms with Crippen molar-refractivity contribution >= 4 is 28.3 Å². The zero-order valence-corrected chi connectivity index (χ0v) is 13.4. The van der Waals surface area contributed by atoms with Gasteiger partial charge in [0, 0.05) is 6.04 Å². The summed E-state index contributed by atoms with van der Waals surface area (Å²) in [5.74, 6) is -0.946. The molecule has 1 saturated heterocycles. The largest absolute Gasteiger partial charge is 0.375 e. The molecule has 4 N–H and O–H groups in total. The predicted molar refractivity (Wildman–Crippen MR) is 87.6 cm³/mol. The molecule has 0 radical (unpaired) electrons. The topological polar surface area (TPSA) is 102 Å². The maximum Gasteiger partial charge on any atom is 0.275 e. The molecule has 2 aliphatic rings. The Kier molecular flexibility index (Phi) is 3.31. The van der Waals surface area contributed by atoms with Crippen molar-refractivity contribution in [3.8, 4) is 10.4 Å². The molecule has 0 unspecified atom stereocenters. The summed E-state index contributed by atoms with van der Waals surface area (Å²) in [6.45, 7) is 0. The van der Waals surface area contributed by atoms with Crippen LogP contribution in [0.3, 0.4) is 0 Å². The maximum atomic E-state index is 13.5. The number of nitrogens with two attached hydrogens (primary N) is 2. The van der Waals surface area contributed by atoms with Gasteiger partial charge in [-0.1, -0.05) is 23.5 Å². The van der Waals surface area contributed by atoms with Gasteiger partial charge in [-0.3, -0.25) is 9.59 Å². The summed E-state index contributed by atoms with van der Waals surface area (Å²) in [6.07, 6.45) is 1.48. The van der Waals surface area contributed by atoms with Crippen LogP contribution in [0.4, 0.5) is 9.52 Å². The molecule has 1 aromatic carbocycles. The van der Waals surface area contributed by atoms with Gasteiger partial charge in [0.05, 0.1) is 4.88 Å². The minimum Gasteiger partial charge on any atom is -0.375 e. The van der Waals surface area contributed by atoms with Crippen molar-refractivity contribution in [1.82, 2.24) is 9.88 Å². The Morgan fingerprint density at radius 1 is 1.33 bits per heavy atom. The van der Waals surface area contributed by atoms with E-state index in [0.717, 1.165) is 17.8 Å². The van der Waals surface area contributed by atoms with Crippen LogP contribution in [0, 0.1) is 11.7 Å². The molecule has 0 spiro atoms. The number of nitrogens with zero attached hydrogens (tertiary/aromatic N) is 2. The standard InChI is InChI=1S/C16H15FN4O2S/c17-9-3-1-2-7(4-9)13-12(20-16(19)24-13)15(23)21-10-5-8(10)6-11(21)14(18)22/h1-4,8,10-11H,5-6H2,(H2,18,22)(H2,19,20)/t8-,10+,11+/m1/s1. The third kappa shape index (κ3) is 2.34. The number of hydrogen-bond acceptors (Lipinski definition) is 5. The van der Waals surface area contributed by atoms with Crippen molar-refractivity contribution in [1.29, 1.82) is 0 Å². The summed E-state index contributed by atoms with van der Waals surface area (Å²) >= 11 is 1.12. The molecule has 4 rings (SSSR count). The number of likely N-dealkylation sites (tertiary alicyclic amines) is 1. The Balaban J connectivity index is 1.74. The van der Waals surface area contributed by atoms with E-state index in [-0.39, 0.29) is 22.8 Å². The average Bonchev–Trinajstić information content (AvgIpc) is 3.02. The van der Waals surface area contributed by atoms with Crippen LogP contribution in [-0.4, -0.2) is 33.8 Å². The first kappa shape index (κ1) is 15.1. The number of rotatable bonds is 3. The first-order valence-corrected chi connectivity index (χ1v) is 8.41. The Hall–Kier alpha value is -2.48. The van der Waals surface area contributed by atoms with Crippen LogP contribution in [0.25, 0.3) is 10.4 Å². The van der Waals surface area contributed by atoms with Gasteiger partial charge in [0.1, 0.15) is 17.6 Å². The van der Waals surface area contributed by atoms with Crippen molar-refractivity contribution in [2.24, 2.45) is 11.7 Å². The number of carbonyl (C=O) groups excluding carboxylic acids is 2. The van der Waals surface area contributed by atoms with Crippen LogP contribution < -0.4 is 11.5 Å². The molecular weight excluding hydrogens is 331 g/mol. The highest BCUT2D eigenvalue weighted by molar-refractivity contribution is 7.19. The minimum absolute atomic E-state index is 0.0401. The molecule has 2 fully saturated rings. The Bertz CT molecular complexity index is 852. The number of aromatic nitrogens is 1. The van der Waals surface area contributed by atoms with Crippen molar-refractivity contribution in [2.75, 3.05) is 5.73 Å². The van der Waals surface area contributed by atoms with E-state index in [9.17, 15) is 14.0 Å². The smallest absolute Gasteiger partial charge is 0.275 e. The number of benzene rings is 1. The van der Waals surface area contributed by atoms with Crippen molar-refractivity contribution in [2.45, 2.75) is 24.9 Å². The second-order valence-electron chi connectivity index (χ2n) is 6.17. The minimum atomic E-state index is -0.607. The molecular formula is C16H15FN4O2S. The van der Waals surface area contributed by atoms with Gasteiger partial charge < -0.3 is 16.4 Å². The molecule has 1 aromatic heterocycles. The number of hydrogen-bond donors (Lipinski definition) is 2. The van der Waals surface area contributed by atoms with E-state index in [1.165, 1.54) is 17.0 Å². The van der Waals surface area contributed by atoms with Crippen LogP contribution in [0.5, 0.6) is 0 Å². The number of carbonyl (C=O) groups is 2. The number of anilines is 1. The third-order valence-corrected chi connectivity index (χ3v) is 5.53. The Morgan fingerprint density at radius 3 is 2.83 bits per heavy atom. The van der Waals surface area contributed by atoms with Crippen LogP contribution in [0.1, 0.15) is 23.3 Å². The summed E-state index contributed by atoms with van der Waals surface area (Å²) in [6, 6.07) is 5.35. The number of piperidine rings is 1. The number of fused-ring (bicyclic) bond motifs is 1. The van der Waals surface area contributed by atoms with Gasteiger partial charge in [-0.2, -0.15) is 0 Å². The average molecular weight is 346 g/mol. The monoisotopic (exact) mass is 346 g/mol. The lowest BCUT2D eigenvalue weighted by Gasteiger charge is -2.24. The summed E-state index contributed by atoms with van der Waals surface area (Å²) in [5.41, 5.74) is 11.9. The molecule has 8 heteroatoms. The zero-order valence-electron chi connectivity index (χ0n) is 12.6. The number of halogens is 1. The normalized spacial score (nSPS) is 24.7. The van der Waals surface area contributed by atoms with E-state index in [4.69, 9.17) is 11.5 Å². The fourth-order valence-electron chi connectivity index (χ4n) is 3.43. The van der Waals surface area contributed by atoms with Crippen molar-refractivity contribution in [3.05, 3.63) is 35.8 Å². The molecule has 24 heavy (non-hydrogen) atoms. The SMILES string of the molecule is NC(=O)[C@@H]1C[C@H]2C[C@@H]2N1C(=O)c1nc(N)sc1-c1cccc(F)c1. The number of primary amides is 1. The lowest BCUT2D eigenvalue weighted by atomic mass is 10.1. The van der Waals surface area contributed by atoms with E-state index in [1.807, 2.05) is 0 Å². The van der Waals surface area contributed by atoms with Crippen LogP contribution in [-0.2, 0) is 4.79 Å². The highest BCUT2D eigenvalue weighted by atomic mass is 32.1. The Labute approximate surface area is 141 Å². The molecule has 1 saturated carbocycles. The highest BCUT2D eigenvalue weighted by Gasteiger charge is 2.56. The van der Waals surface area contributed by atoms with Gasteiger partial charge in [0.2, 0.25) is 5.91 Å². The zero-order chi connectivity index (χ0) is 17.0. The van der Waals surface area contributed by atoms with E-state index in [2.05, 4.69) is 4.98 Å². The Morgan fingerprint density at radius 2 is 2.12 bits per heavy atom.